The van der Waals surface area contributed by atoms with Gasteiger partial charge in [0.05, 0.1) is 44.4 Å². The van der Waals surface area contributed by atoms with Crippen molar-refractivity contribution in [1.29, 1.82) is 0 Å². The zero-order valence-corrected chi connectivity index (χ0v) is 35.1. The maximum atomic E-state index is 13.7. The number of ether oxygens (including phenoxy) is 2. The van der Waals surface area contributed by atoms with Crippen molar-refractivity contribution in [3.05, 3.63) is 82.4 Å². The van der Waals surface area contributed by atoms with Gasteiger partial charge in [-0.15, -0.1) is 12.3 Å². The molecule has 2 aromatic heterocycles. The van der Waals surface area contributed by atoms with Gasteiger partial charge in [0.25, 0.3) is 0 Å². The molecule has 6 rings (SSSR count). The van der Waals surface area contributed by atoms with Crippen LogP contribution >= 0.6 is 0 Å². The molecule has 4 N–H and O–H groups in total. The van der Waals surface area contributed by atoms with E-state index in [-0.39, 0.29) is 42.3 Å². The molecule has 13 heteroatoms. The van der Waals surface area contributed by atoms with Gasteiger partial charge in [-0.1, -0.05) is 57.6 Å². The number of fused-ring (bicyclic) bond motifs is 2. The fourth-order valence-corrected chi connectivity index (χ4v) is 8.42. The number of benzene rings is 1. The molecule has 1 aliphatic heterocycles. The summed E-state index contributed by atoms with van der Waals surface area (Å²) in [5.41, 5.74) is 10.3. The highest BCUT2D eigenvalue weighted by molar-refractivity contribution is 6.05. The second kappa shape index (κ2) is 18.4. The van der Waals surface area contributed by atoms with E-state index in [4.69, 9.17) is 25.9 Å². The first-order valence-corrected chi connectivity index (χ1v) is 20.3. The van der Waals surface area contributed by atoms with Crippen LogP contribution in [0.4, 0.5) is 4.79 Å². The Kier molecular flexibility index (Phi) is 13.4. The van der Waals surface area contributed by atoms with Crippen molar-refractivity contribution in [2.75, 3.05) is 34.0 Å². The number of alkyl carbamates (subject to hydrolysis) is 1. The van der Waals surface area contributed by atoms with Crippen LogP contribution in [0.3, 0.4) is 0 Å². The van der Waals surface area contributed by atoms with Gasteiger partial charge in [0.15, 0.2) is 0 Å². The molecule has 3 amide bonds. The van der Waals surface area contributed by atoms with Gasteiger partial charge < -0.3 is 34.6 Å². The summed E-state index contributed by atoms with van der Waals surface area (Å²) in [5, 5.41) is 5.93. The van der Waals surface area contributed by atoms with Crippen LogP contribution < -0.4 is 10.6 Å². The molecule has 1 saturated heterocycles. The van der Waals surface area contributed by atoms with Crippen molar-refractivity contribution in [3.63, 3.8) is 0 Å². The molecule has 308 valence electrons. The van der Waals surface area contributed by atoms with E-state index in [1.54, 1.807) is 12.0 Å². The van der Waals surface area contributed by atoms with E-state index < -0.39 is 18.2 Å². The molecule has 4 atom stereocenters. The number of H-pyrrole nitrogens is 2. The summed E-state index contributed by atoms with van der Waals surface area (Å²) in [6, 6.07) is 5.26. The Labute approximate surface area is 342 Å². The number of amides is 3. The highest BCUT2D eigenvalue weighted by atomic mass is 16.5. The van der Waals surface area contributed by atoms with Crippen LogP contribution in [-0.4, -0.2) is 93.8 Å². The first kappa shape index (κ1) is 42.2. The number of aromatic amines is 2. The van der Waals surface area contributed by atoms with Crippen LogP contribution in [0.25, 0.3) is 22.4 Å². The third-order valence-electron chi connectivity index (χ3n) is 11.4. The smallest absolute Gasteiger partial charge is 0.407 e. The first-order chi connectivity index (χ1) is 27.9. The summed E-state index contributed by atoms with van der Waals surface area (Å²) >= 11 is 0. The van der Waals surface area contributed by atoms with Crippen LogP contribution in [0.5, 0.6) is 0 Å². The number of methoxy groups -OCH3 is 2. The Morgan fingerprint density at radius 1 is 1.05 bits per heavy atom. The van der Waals surface area contributed by atoms with Crippen molar-refractivity contribution in [3.8, 4) is 23.6 Å². The highest BCUT2D eigenvalue weighted by Crippen LogP contribution is 2.50. The van der Waals surface area contributed by atoms with E-state index in [1.165, 1.54) is 40.5 Å². The fraction of sp³-hybridized carbons (Fsp3) is 0.489. The Morgan fingerprint density at radius 3 is 2.52 bits per heavy atom. The topological polar surface area (TPSA) is 158 Å². The molecule has 1 aromatic carbocycles. The number of carbonyl (C=O) groups excluding carboxylic acids is 3. The van der Waals surface area contributed by atoms with E-state index >= 15 is 0 Å². The normalized spacial score (nSPS) is 18.3. The van der Waals surface area contributed by atoms with Crippen LogP contribution in [0, 0.1) is 24.2 Å². The minimum absolute atomic E-state index is 0.0410. The number of nitrogens with zero attached hydrogens (tertiary/aromatic N) is 4. The predicted molar refractivity (Wildman–Crippen MR) is 225 cm³/mol. The Balaban J connectivity index is 1.18. The quantitative estimate of drug-likeness (QED) is 0.0977. The van der Waals surface area contributed by atoms with Crippen molar-refractivity contribution in [1.82, 2.24) is 40.4 Å². The molecule has 58 heavy (non-hydrogen) atoms. The Bertz CT molecular complexity index is 2130. The lowest BCUT2D eigenvalue weighted by molar-refractivity contribution is -0.136. The number of nitrogens with one attached hydrogen (secondary N) is 4. The van der Waals surface area contributed by atoms with E-state index in [2.05, 4.69) is 70.7 Å². The lowest BCUT2D eigenvalue weighted by Crippen LogP contribution is -2.51. The van der Waals surface area contributed by atoms with Crippen molar-refractivity contribution >= 4 is 29.1 Å². The number of carbonyl (C=O) groups is 3. The van der Waals surface area contributed by atoms with Crippen molar-refractivity contribution in [2.24, 2.45) is 11.8 Å². The average molecular weight is 791 g/mol. The van der Waals surface area contributed by atoms with Crippen molar-refractivity contribution in [2.45, 2.75) is 97.8 Å². The lowest BCUT2D eigenvalue weighted by Gasteiger charge is -2.30. The number of allylic oxidation sites excluding steroid dienone is 6. The maximum Gasteiger partial charge on any atom is 0.407 e. The Morgan fingerprint density at radius 2 is 1.83 bits per heavy atom. The van der Waals surface area contributed by atoms with Gasteiger partial charge in [0, 0.05) is 50.0 Å². The van der Waals surface area contributed by atoms with Gasteiger partial charge in [-0.3, -0.25) is 14.9 Å². The largest absolute Gasteiger partial charge is 0.453 e. The second-order valence-electron chi connectivity index (χ2n) is 16.3. The van der Waals surface area contributed by atoms with Crippen LogP contribution in [-0.2, 0) is 25.6 Å². The molecule has 3 aromatic rings. The van der Waals surface area contributed by atoms with E-state index in [0.29, 0.717) is 31.9 Å². The molecule has 13 nitrogen and oxygen atoms in total. The predicted octanol–water partition coefficient (Wildman–Crippen LogP) is 6.72. The van der Waals surface area contributed by atoms with Crippen LogP contribution in [0.1, 0.15) is 108 Å². The number of likely N-dealkylation sites (tertiary alicyclic amines) is 1. The summed E-state index contributed by atoms with van der Waals surface area (Å²) in [6.07, 6.45) is 16.1. The molecule has 3 heterocycles. The number of terminal acetylenes is 1. The molecule has 0 bridgehead atoms. The fourth-order valence-electron chi connectivity index (χ4n) is 8.42. The molecule has 3 aliphatic rings. The standard InChI is InChI=1S/C45H58N8O5/c1-10-11-18-52(43(54)40(27(4)5)48-25-57-8)24-38-46-22-35(49-38)29-14-16-31-32-17-15-30(21-34(32)39(26(2)3)33(31)20-29)36-23-47-42(50-36)37-13-12-19-53(37)44(55)41(28(6)7)51-45(56)58-9/h1,14-17,20,22-23,27-28,30,37,40-41,48H,11-13,18-19,21,24-25H2,2-9H3,(H,46,49)(H,47,50)(H,51,56). The summed E-state index contributed by atoms with van der Waals surface area (Å²) < 4.78 is 9.99. The number of aromatic nitrogens is 4. The maximum absolute atomic E-state index is 13.7. The molecule has 0 radical (unpaired) electrons. The third kappa shape index (κ3) is 8.83. The minimum atomic E-state index is -0.687. The van der Waals surface area contributed by atoms with E-state index in [1.807, 2.05) is 45.0 Å². The lowest BCUT2D eigenvalue weighted by atomic mass is 9.85. The van der Waals surface area contributed by atoms with Gasteiger partial charge in [-0.2, -0.15) is 0 Å². The monoisotopic (exact) mass is 790 g/mol. The SMILES string of the molecule is C#CCCN(Cc1ncc(-c2ccc3c(c2)C(=C(C)C)C2=C3C=CC(c3cnc(C4CCCN4C(=O)C(NC(=O)OC)C(C)C)[nH]3)C2)[nH]1)C(=O)C(NCOC)C(C)C. The van der Waals surface area contributed by atoms with Crippen LogP contribution in [0.15, 0.2) is 53.9 Å². The number of hydrogen-bond acceptors (Lipinski definition) is 8. The summed E-state index contributed by atoms with van der Waals surface area (Å²) in [4.78, 5) is 59.6. The highest BCUT2D eigenvalue weighted by Gasteiger charge is 2.38. The molecule has 4 unspecified atom stereocenters. The van der Waals surface area contributed by atoms with Crippen LogP contribution in [0.2, 0.25) is 0 Å². The molecular weight excluding hydrogens is 733 g/mol. The van der Waals surface area contributed by atoms with Gasteiger partial charge in [0.2, 0.25) is 11.8 Å². The van der Waals surface area contributed by atoms with Crippen molar-refractivity contribution < 1.29 is 23.9 Å². The average Bonchev–Trinajstić information content (AvgIpc) is 4.03. The van der Waals surface area contributed by atoms with Gasteiger partial charge in [-0.25, -0.2) is 14.8 Å². The van der Waals surface area contributed by atoms with Gasteiger partial charge in [-0.05, 0) is 78.9 Å². The summed E-state index contributed by atoms with van der Waals surface area (Å²) in [5.74, 6) is 3.98. The number of rotatable bonds is 15. The molecule has 0 spiro atoms. The van der Waals surface area contributed by atoms with Gasteiger partial charge >= 0.3 is 6.09 Å². The summed E-state index contributed by atoms with van der Waals surface area (Å²) in [6.45, 7) is 13.8. The second-order valence-corrected chi connectivity index (χ2v) is 16.3. The summed E-state index contributed by atoms with van der Waals surface area (Å²) in [7, 11) is 2.90. The molecule has 0 saturated carbocycles. The van der Waals surface area contributed by atoms with Gasteiger partial charge in [0.1, 0.15) is 17.7 Å². The minimum Gasteiger partial charge on any atom is -0.453 e. The number of hydrogen-bond donors (Lipinski definition) is 4. The molecular formula is C45H58N8O5. The number of imidazole rings is 2. The first-order valence-electron chi connectivity index (χ1n) is 20.3. The third-order valence-corrected chi connectivity index (χ3v) is 11.4. The molecule has 1 fully saturated rings. The zero-order chi connectivity index (χ0) is 41.7. The Hall–Kier alpha value is -5.45. The van der Waals surface area contributed by atoms with E-state index in [0.717, 1.165) is 42.0 Å². The molecule has 2 aliphatic carbocycles. The van der Waals surface area contributed by atoms with E-state index in [9.17, 15) is 14.4 Å². The zero-order valence-electron chi connectivity index (χ0n) is 35.1.